The molecule has 2 rings (SSSR count). The fraction of sp³-hybridized carbons (Fsp3) is 0.222. The van der Waals surface area contributed by atoms with Gasteiger partial charge < -0.3 is 10.1 Å². The van der Waals surface area contributed by atoms with E-state index in [1.165, 1.54) is 33.2 Å². The molecule has 0 fully saturated rings. The number of carbonyl (C=O) groups is 2. The Bertz CT molecular complexity index is 975. The number of sulfonamides is 1. The molecule has 27 heavy (non-hydrogen) atoms. The minimum Gasteiger partial charge on any atom is -0.495 e. The van der Waals surface area contributed by atoms with E-state index in [2.05, 4.69) is 5.32 Å². The fourth-order valence-corrected chi connectivity index (χ4v) is 3.61. The highest BCUT2D eigenvalue weighted by Gasteiger charge is 2.27. The number of hydrogen-bond donors (Lipinski definition) is 1. The minimum atomic E-state index is -4.16. The average Bonchev–Trinajstić information content (AvgIpc) is 2.61. The molecule has 0 bridgehead atoms. The topological polar surface area (TPSA) is 92.8 Å². The molecule has 0 aliphatic carbocycles. The standard InChI is InChI=1S/C18H19FN2O5S/c1-12(22)13-5-4-6-15(9-13)20-18(23)11-21(2)27(24,25)17-10-14(19)7-8-16(17)26-3/h4-10H,11H2,1-3H3,(H,20,23). The van der Waals surface area contributed by atoms with E-state index in [9.17, 15) is 22.4 Å². The molecule has 0 atom stereocenters. The molecule has 2 aromatic carbocycles. The molecule has 144 valence electrons. The van der Waals surface area contributed by atoms with Gasteiger partial charge in [-0.15, -0.1) is 0 Å². The summed E-state index contributed by atoms with van der Waals surface area (Å²) >= 11 is 0. The molecule has 0 aliphatic heterocycles. The van der Waals surface area contributed by atoms with Crippen LogP contribution in [0.2, 0.25) is 0 Å². The smallest absolute Gasteiger partial charge is 0.247 e. The van der Waals surface area contributed by atoms with Crippen LogP contribution in [0.4, 0.5) is 10.1 Å². The molecule has 0 saturated heterocycles. The Morgan fingerprint density at radius 3 is 2.52 bits per heavy atom. The van der Waals surface area contributed by atoms with Gasteiger partial charge in [-0.25, -0.2) is 12.8 Å². The Morgan fingerprint density at radius 1 is 1.19 bits per heavy atom. The summed E-state index contributed by atoms with van der Waals surface area (Å²) in [5.74, 6) is -1.55. The molecule has 9 heteroatoms. The molecule has 0 saturated carbocycles. The number of nitrogens with zero attached hydrogens (tertiary/aromatic N) is 1. The monoisotopic (exact) mass is 394 g/mol. The number of amides is 1. The van der Waals surface area contributed by atoms with Crippen molar-refractivity contribution in [1.82, 2.24) is 4.31 Å². The van der Waals surface area contributed by atoms with Crippen molar-refractivity contribution < 1.29 is 27.1 Å². The van der Waals surface area contributed by atoms with Gasteiger partial charge in [-0.3, -0.25) is 9.59 Å². The Balaban J connectivity index is 2.17. The number of likely N-dealkylation sites (N-methyl/N-ethyl adjacent to an activating group) is 1. The summed E-state index contributed by atoms with van der Waals surface area (Å²) in [5.41, 5.74) is 0.778. The maximum absolute atomic E-state index is 13.5. The molecule has 2 aromatic rings. The number of hydrogen-bond acceptors (Lipinski definition) is 5. The van der Waals surface area contributed by atoms with E-state index in [0.717, 1.165) is 16.4 Å². The highest BCUT2D eigenvalue weighted by Crippen LogP contribution is 2.26. The molecule has 1 N–H and O–H groups in total. The lowest BCUT2D eigenvalue weighted by atomic mass is 10.1. The molecule has 1 amide bonds. The van der Waals surface area contributed by atoms with E-state index < -0.39 is 28.3 Å². The molecule has 0 heterocycles. The lowest BCUT2D eigenvalue weighted by Gasteiger charge is -2.18. The van der Waals surface area contributed by atoms with E-state index in [-0.39, 0.29) is 16.4 Å². The van der Waals surface area contributed by atoms with Crippen molar-refractivity contribution in [3.05, 3.63) is 53.8 Å². The zero-order valence-electron chi connectivity index (χ0n) is 15.0. The van der Waals surface area contributed by atoms with Gasteiger partial charge in [0.25, 0.3) is 0 Å². The van der Waals surface area contributed by atoms with Crippen molar-refractivity contribution in [2.75, 3.05) is 26.0 Å². The zero-order chi connectivity index (χ0) is 20.2. The Labute approximate surface area is 156 Å². The van der Waals surface area contributed by atoms with Crippen LogP contribution >= 0.6 is 0 Å². The number of methoxy groups -OCH3 is 1. The molecule has 0 radical (unpaired) electrons. The number of Topliss-reactive ketones (excluding diaryl/α,β-unsaturated/α-hetero) is 1. The summed E-state index contributed by atoms with van der Waals surface area (Å²) in [7, 11) is -1.70. The Hall–Kier alpha value is -2.78. The number of halogens is 1. The van der Waals surface area contributed by atoms with Crippen LogP contribution < -0.4 is 10.1 Å². The van der Waals surface area contributed by atoms with Crippen LogP contribution in [-0.2, 0) is 14.8 Å². The average molecular weight is 394 g/mol. The Kier molecular flexibility index (Phi) is 6.29. The highest BCUT2D eigenvalue weighted by molar-refractivity contribution is 7.89. The maximum Gasteiger partial charge on any atom is 0.247 e. The van der Waals surface area contributed by atoms with E-state index in [0.29, 0.717) is 11.3 Å². The summed E-state index contributed by atoms with van der Waals surface area (Å²) < 4.78 is 44.5. The molecule has 0 aromatic heterocycles. The van der Waals surface area contributed by atoms with Gasteiger partial charge >= 0.3 is 0 Å². The van der Waals surface area contributed by atoms with Crippen LogP contribution in [0.25, 0.3) is 0 Å². The third-order valence-electron chi connectivity index (χ3n) is 3.73. The number of benzene rings is 2. The first kappa shape index (κ1) is 20.5. The lowest BCUT2D eigenvalue weighted by molar-refractivity contribution is -0.116. The summed E-state index contributed by atoms with van der Waals surface area (Å²) in [6.07, 6.45) is 0. The fourth-order valence-electron chi connectivity index (χ4n) is 2.32. The maximum atomic E-state index is 13.5. The van der Waals surface area contributed by atoms with Crippen molar-refractivity contribution in [2.45, 2.75) is 11.8 Å². The van der Waals surface area contributed by atoms with Gasteiger partial charge in [0.05, 0.1) is 13.7 Å². The first-order valence-corrected chi connectivity index (χ1v) is 9.30. The number of nitrogens with one attached hydrogen (secondary N) is 1. The number of rotatable bonds is 7. The van der Waals surface area contributed by atoms with E-state index >= 15 is 0 Å². The normalized spacial score (nSPS) is 11.3. The molecule has 0 unspecified atom stereocenters. The SMILES string of the molecule is COc1ccc(F)cc1S(=O)(=O)N(C)CC(=O)Nc1cccc(C(C)=O)c1. The van der Waals surface area contributed by atoms with Crippen LogP contribution in [0.1, 0.15) is 17.3 Å². The first-order chi connectivity index (χ1) is 12.6. The predicted molar refractivity (Wildman–Crippen MR) is 97.8 cm³/mol. The quantitative estimate of drug-likeness (QED) is 0.728. The molecule has 0 aliphatic rings. The third-order valence-corrected chi connectivity index (χ3v) is 5.56. The molecule has 0 spiro atoms. The number of ether oxygens (including phenoxy) is 1. The number of ketones is 1. The summed E-state index contributed by atoms with van der Waals surface area (Å²) in [6.45, 7) is 0.889. The number of anilines is 1. The van der Waals surface area contributed by atoms with Gasteiger partial charge in [-0.1, -0.05) is 12.1 Å². The summed E-state index contributed by atoms with van der Waals surface area (Å²) in [6, 6.07) is 9.38. The van der Waals surface area contributed by atoms with E-state index in [1.807, 2.05) is 0 Å². The first-order valence-electron chi connectivity index (χ1n) is 7.86. The van der Waals surface area contributed by atoms with Crippen LogP contribution in [-0.4, -0.2) is 45.1 Å². The number of carbonyl (C=O) groups excluding carboxylic acids is 2. The minimum absolute atomic E-state index is 0.0298. The van der Waals surface area contributed by atoms with E-state index in [1.54, 1.807) is 18.2 Å². The van der Waals surface area contributed by atoms with Gasteiger partial charge in [0, 0.05) is 18.3 Å². The van der Waals surface area contributed by atoms with Crippen molar-refractivity contribution in [2.24, 2.45) is 0 Å². The Morgan fingerprint density at radius 2 is 1.89 bits per heavy atom. The molecule has 7 nitrogen and oxygen atoms in total. The summed E-state index contributed by atoms with van der Waals surface area (Å²) in [4.78, 5) is 23.2. The van der Waals surface area contributed by atoms with Crippen LogP contribution in [0, 0.1) is 5.82 Å². The third kappa shape index (κ3) is 4.89. The van der Waals surface area contributed by atoms with Crippen LogP contribution in [0.15, 0.2) is 47.4 Å². The van der Waals surface area contributed by atoms with Crippen molar-refractivity contribution in [1.29, 1.82) is 0 Å². The van der Waals surface area contributed by atoms with Crippen molar-refractivity contribution in [3.63, 3.8) is 0 Å². The van der Waals surface area contributed by atoms with Crippen LogP contribution in [0.3, 0.4) is 0 Å². The molecular weight excluding hydrogens is 375 g/mol. The van der Waals surface area contributed by atoms with E-state index in [4.69, 9.17) is 4.74 Å². The van der Waals surface area contributed by atoms with Gasteiger partial charge in [0.2, 0.25) is 15.9 Å². The van der Waals surface area contributed by atoms with Crippen LogP contribution in [0.5, 0.6) is 5.75 Å². The van der Waals surface area contributed by atoms with Crippen molar-refractivity contribution >= 4 is 27.4 Å². The zero-order valence-corrected chi connectivity index (χ0v) is 15.8. The second-order valence-electron chi connectivity index (χ2n) is 5.74. The van der Waals surface area contributed by atoms with Gasteiger partial charge in [-0.2, -0.15) is 4.31 Å². The van der Waals surface area contributed by atoms with Crippen molar-refractivity contribution in [3.8, 4) is 5.75 Å². The molecular formula is C18H19FN2O5S. The lowest BCUT2D eigenvalue weighted by Crippen LogP contribution is -2.35. The predicted octanol–water partition coefficient (Wildman–Crippen LogP) is 2.30. The highest BCUT2D eigenvalue weighted by atomic mass is 32.2. The van der Waals surface area contributed by atoms with Gasteiger partial charge in [-0.05, 0) is 37.3 Å². The summed E-state index contributed by atoms with van der Waals surface area (Å²) in [5, 5.41) is 2.53. The second kappa shape index (κ2) is 8.28. The largest absolute Gasteiger partial charge is 0.495 e. The van der Waals surface area contributed by atoms with Gasteiger partial charge in [0.1, 0.15) is 16.5 Å². The second-order valence-corrected chi connectivity index (χ2v) is 7.75. The van der Waals surface area contributed by atoms with Gasteiger partial charge in [0.15, 0.2) is 5.78 Å².